The minimum Gasteiger partial charge on any atom is -0.376 e. The Kier molecular flexibility index (Phi) is 11.2. The van der Waals surface area contributed by atoms with E-state index in [0.717, 1.165) is 0 Å². The van der Waals surface area contributed by atoms with Crippen molar-refractivity contribution in [1.29, 1.82) is 0 Å². The summed E-state index contributed by atoms with van der Waals surface area (Å²) in [6, 6.07) is 0.308. The first-order chi connectivity index (χ1) is 14.6. The highest BCUT2D eigenvalue weighted by Gasteiger charge is 2.50. The second-order valence-electron chi connectivity index (χ2n) is 8.10. The lowest BCUT2D eigenvalue weighted by Gasteiger charge is -2.40. The molecule has 0 spiro atoms. The fourth-order valence-corrected chi connectivity index (χ4v) is 6.72. The van der Waals surface area contributed by atoms with Gasteiger partial charge in [0.15, 0.2) is 7.37 Å². The van der Waals surface area contributed by atoms with Gasteiger partial charge in [-0.2, -0.15) is 0 Å². The number of methoxy groups -OCH3 is 1. The zero-order valence-corrected chi connectivity index (χ0v) is 21.3. The van der Waals surface area contributed by atoms with Crippen LogP contribution in [0, 0.1) is 6.57 Å². The van der Waals surface area contributed by atoms with E-state index in [1.165, 1.54) is 0 Å². The maximum atomic E-state index is 12.7. The molecule has 30 heavy (non-hydrogen) atoms. The summed E-state index contributed by atoms with van der Waals surface area (Å²) in [7, 11) is -2.72. The number of hydrogen-bond donors (Lipinski definition) is 0. The molecule has 10 heteroatoms. The van der Waals surface area contributed by atoms with E-state index in [4.69, 9.17) is 31.0 Å². The van der Waals surface area contributed by atoms with Crippen molar-refractivity contribution in [3.63, 3.8) is 0 Å². The summed E-state index contributed by atoms with van der Waals surface area (Å²) in [5.41, 5.74) is -0.965. The third-order valence-electron chi connectivity index (χ3n) is 4.89. The molecular weight excluding hydrogens is 426 g/mol. The number of hydrogen-bond acceptors (Lipinski definition) is 7. The zero-order valence-electron chi connectivity index (χ0n) is 20.5. The van der Waals surface area contributed by atoms with E-state index in [2.05, 4.69) is 37.2 Å². The Balaban J connectivity index is 3.17. The zero-order chi connectivity index (χ0) is 23.7. The van der Waals surface area contributed by atoms with Crippen LogP contribution in [0.4, 0.5) is 0 Å². The lowest BCUT2D eigenvalue weighted by Crippen LogP contribution is -2.45. The van der Waals surface area contributed by atoms with Crippen molar-refractivity contribution in [2.45, 2.75) is 77.8 Å². The van der Waals surface area contributed by atoms with Gasteiger partial charge in [0, 0.05) is 33.4 Å². The first-order valence-electron chi connectivity index (χ1n) is 11.2. The fourth-order valence-electron chi connectivity index (χ4n) is 3.44. The molecule has 8 nitrogen and oxygen atoms in total. The Morgan fingerprint density at radius 1 is 1.40 bits per heavy atom. The van der Waals surface area contributed by atoms with E-state index in [-0.39, 0.29) is 44.8 Å². The molecule has 0 aromatic rings. The molecule has 176 valence electrons. The minimum absolute atomic E-state index is 0.0573. The summed E-state index contributed by atoms with van der Waals surface area (Å²) in [5, 5.41) is 0. The van der Waals surface area contributed by atoms with Crippen molar-refractivity contribution < 1.29 is 29.0 Å². The van der Waals surface area contributed by atoms with E-state index < -0.39 is 27.6 Å². The average molecular weight is 468 g/mol. The van der Waals surface area contributed by atoms with Crippen LogP contribution in [0.3, 0.4) is 0 Å². The van der Waals surface area contributed by atoms with Gasteiger partial charge in [0.1, 0.15) is 18.8 Å². The first-order valence-corrected chi connectivity index (χ1v) is 13.8. The summed E-state index contributed by atoms with van der Waals surface area (Å²) in [5.74, 6) is 0. The van der Waals surface area contributed by atoms with Crippen LogP contribution in [-0.2, 0) is 27.6 Å². The Bertz CT molecular complexity index is 613. The van der Waals surface area contributed by atoms with Gasteiger partial charge in [-0.3, -0.25) is 4.57 Å². The van der Waals surface area contributed by atoms with Crippen LogP contribution < -0.4 is 0 Å². The van der Waals surface area contributed by atoms with E-state index in [1.54, 1.807) is 13.8 Å². The van der Waals surface area contributed by atoms with E-state index in [1.807, 2.05) is 6.92 Å². The fraction of sp³-hybridized carbons (Fsp3) is 0.950. The van der Waals surface area contributed by atoms with Crippen molar-refractivity contribution in [3.05, 3.63) is 11.4 Å². The van der Waals surface area contributed by atoms with Crippen LogP contribution >= 0.6 is 15.9 Å². The molecule has 1 fully saturated rings. The maximum Gasteiger partial charge on any atom is 0.259 e. The third kappa shape index (κ3) is 8.11. The SMILES string of the molecule is [2H]C[C@@]1(CCP(C)(=O)OCC)OC[C@@H](OC)C1OP(OCC[N+]#[C-])N(C(C)C)C(C)C. The van der Waals surface area contributed by atoms with Crippen LogP contribution in [0.2, 0.25) is 0 Å². The molecule has 0 bridgehead atoms. The molecular formula is C20H40N2O6P2. The van der Waals surface area contributed by atoms with Crippen molar-refractivity contribution >= 4 is 15.9 Å². The highest BCUT2D eigenvalue weighted by atomic mass is 31.2. The molecule has 1 heterocycles. The van der Waals surface area contributed by atoms with E-state index in [0.29, 0.717) is 19.2 Å². The van der Waals surface area contributed by atoms with Gasteiger partial charge in [0.2, 0.25) is 6.54 Å². The van der Waals surface area contributed by atoms with Crippen molar-refractivity contribution in [3.8, 4) is 0 Å². The average Bonchev–Trinajstić information content (AvgIpc) is 3.04. The second kappa shape index (κ2) is 12.8. The largest absolute Gasteiger partial charge is 0.376 e. The van der Waals surface area contributed by atoms with E-state index >= 15 is 0 Å². The van der Waals surface area contributed by atoms with Crippen molar-refractivity contribution in [1.82, 2.24) is 4.67 Å². The summed E-state index contributed by atoms with van der Waals surface area (Å²) in [4.78, 5) is 3.38. The van der Waals surface area contributed by atoms with Crippen LogP contribution in [0.25, 0.3) is 4.85 Å². The van der Waals surface area contributed by atoms with Gasteiger partial charge >= 0.3 is 0 Å². The van der Waals surface area contributed by atoms with Crippen LogP contribution in [0.15, 0.2) is 0 Å². The molecule has 1 saturated heterocycles. The molecule has 1 aliphatic heterocycles. The topological polar surface area (TPSA) is 70.8 Å². The predicted molar refractivity (Wildman–Crippen MR) is 121 cm³/mol. The summed E-state index contributed by atoms with van der Waals surface area (Å²) in [6.07, 6.45) is -0.270. The quantitative estimate of drug-likeness (QED) is 0.207. The summed E-state index contributed by atoms with van der Waals surface area (Å²) < 4.78 is 52.8. The molecule has 3 unspecified atom stereocenters. The molecule has 1 rings (SSSR count). The van der Waals surface area contributed by atoms with Crippen LogP contribution in [0.1, 0.15) is 49.3 Å². The highest BCUT2D eigenvalue weighted by molar-refractivity contribution is 7.58. The molecule has 0 aliphatic carbocycles. The monoisotopic (exact) mass is 467 g/mol. The Labute approximate surface area is 185 Å². The highest BCUT2D eigenvalue weighted by Crippen LogP contribution is 2.52. The number of rotatable bonds is 14. The van der Waals surface area contributed by atoms with E-state index in [9.17, 15) is 4.57 Å². The van der Waals surface area contributed by atoms with Gasteiger partial charge in [0.05, 0.1) is 18.8 Å². The van der Waals surface area contributed by atoms with Gasteiger partial charge in [-0.05, 0) is 47.9 Å². The maximum absolute atomic E-state index is 12.7. The Morgan fingerprint density at radius 2 is 2.07 bits per heavy atom. The van der Waals surface area contributed by atoms with Crippen LogP contribution in [-0.4, -0.2) is 80.9 Å². The molecule has 0 saturated carbocycles. The van der Waals surface area contributed by atoms with Crippen molar-refractivity contribution in [2.75, 3.05) is 46.3 Å². The number of nitrogens with zero attached hydrogens (tertiary/aromatic N) is 2. The molecule has 0 N–H and O–H groups in total. The molecule has 0 aromatic carbocycles. The Hall–Kier alpha value is -0.0900. The molecule has 1 aliphatic rings. The summed E-state index contributed by atoms with van der Waals surface area (Å²) >= 11 is 0. The van der Waals surface area contributed by atoms with Gasteiger partial charge in [-0.25, -0.2) is 11.2 Å². The molecule has 0 aromatic heterocycles. The van der Waals surface area contributed by atoms with Crippen LogP contribution in [0.5, 0.6) is 0 Å². The second-order valence-corrected chi connectivity index (χ2v) is 12.2. The molecule has 5 atom stereocenters. The lowest BCUT2D eigenvalue weighted by molar-refractivity contribution is -0.0490. The minimum atomic E-state index is -2.79. The smallest absolute Gasteiger partial charge is 0.259 e. The first kappa shape index (κ1) is 26.2. The van der Waals surface area contributed by atoms with Crippen molar-refractivity contribution in [2.24, 2.45) is 0 Å². The Morgan fingerprint density at radius 3 is 2.57 bits per heavy atom. The number of ether oxygens (including phenoxy) is 2. The normalized spacial score (nSPS) is 28.0. The predicted octanol–water partition coefficient (Wildman–Crippen LogP) is 4.79. The molecule has 0 amide bonds. The third-order valence-corrected chi connectivity index (χ3v) is 8.84. The standard InChI is InChI=1S/C20H40N2O6P2/c1-10-27-30(9,23)14-11-20(6)19(18(24-8)15-25-20)28-29(26-13-12-21-7)22(16(2)3)17(4)5/h16-19H,10-15H2,1-6,8-9H3/t18-,19?,20+,29?,30?/m1/s1/i6D. The lowest BCUT2D eigenvalue weighted by atomic mass is 9.95. The molecule has 0 radical (unpaired) electrons. The van der Waals surface area contributed by atoms with Gasteiger partial charge in [-0.1, -0.05) is 0 Å². The van der Waals surface area contributed by atoms with Gasteiger partial charge in [-0.15, -0.1) is 0 Å². The summed E-state index contributed by atoms with van der Waals surface area (Å²) in [6.45, 7) is 19.9. The van der Waals surface area contributed by atoms with Gasteiger partial charge in [0.25, 0.3) is 8.53 Å². The van der Waals surface area contributed by atoms with Gasteiger partial charge < -0.3 is 27.9 Å².